The van der Waals surface area contributed by atoms with E-state index in [4.69, 9.17) is 10.2 Å². The van der Waals surface area contributed by atoms with E-state index in [0.717, 1.165) is 13.0 Å². The lowest BCUT2D eigenvalue weighted by Crippen LogP contribution is -2.55. The SMILES string of the molecule is CC1(C(=O)N[C@H](CCO)C(=O)O)CCCN1. The molecule has 0 spiro atoms. The molecule has 1 saturated heterocycles. The smallest absolute Gasteiger partial charge is 0.326 e. The summed E-state index contributed by atoms with van der Waals surface area (Å²) in [6, 6.07) is -1.02. The molecule has 4 N–H and O–H groups in total. The maximum atomic E-state index is 11.8. The molecule has 0 aromatic heterocycles. The Kier molecular flexibility index (Phi) is 4.26. The molecule has 1 aliphatic heterocycles. The number of hydrogen-bond donors (Lipinski definition) is 4. The van der Waals surface area contributed by atoms with Crippen LogP contribution in [-0.2, 0) is 9.59 Å². The minimum Gasteiger partial charge on any atom is -0.480 e. The first-order valence-electron chi connectivity index (χ1n) is 5.39. The number of carbonyl (C=O) groups is 2. The monoisotopic (exact) mass is 230 g/mol. The predicted octanol–water partition coefficient (Wildman–Crippen LogP) is -0.920. The van der Waals surface area contributed by atoms with Gasteiger partial charge in [0.25, 0.3) is 0 Å². The molecule has 1 heterocycles. The number of carboxylic acids is 1. The zero-order chi connectivity index (χ0) is 12.2. The van der Waals surface area contributed by atoms with Crippen molar-refractivity contribution in [1.29, 1.82) is 0 Å². The maximum Gasteiger partial charge on any atom is 0.326 e. The zero-order valence-corrected chi connectivity index (χ0v) is 9.32. The Hall–Kier alpha value is -1.14. The van der Waals surface area contributed by atoms with Crippen molar-refractivity contribution >= 4 is 11.9 Å². The second-order valence-electron chi connectivity index (χ2n) is 4.24. The fourth-order valence-electron chi connectivity index (χ4n) is 1.79. The number of carboxylic acid groups (broad SMARTS) is 1. The van der Waals surface area contributed by atoms with Crippen LogP contribution in [0.5, 0.6) is 0 Å². The topological polar surface area (TPSA) is 98.7 Å². The van der Waals surface area contributed by atoms with Crippen molar-refractivity contribution in [3.05, 3.63) is 0 Å². The van der Waals surface area contributed by atoms with Gasteiger partial charge >= 0.3 is 5.97 Å². The number of aliphatic hydroxyl groups excluding tert-OH is 1. The van der Waals surface area contributed by atoms with E-state index in [1.54, 1.807) is 6.92 Å². The normalized spacial score (nSPS) is 26.4. The van der Waals surface area contributed by atoms with Crippen molar-refractivity contribution in [2.75, 3.05) is 13.2 Å². The molecule has 1 rings (SSSR count). The Morgan fingerprint density at radius 3 is 2.69 bits per heavy atom. The number of amides is 1. The summed E-state index contributed by atoms with van der Waals surface area (Å²) in [6.07, 6.45) is 1.63. The summed E-state index contributed by atoms with van der Waals surface area (Å²) < 4.78 is 0. The molecule has 0 radical (unpaired) electrons. The molecule has 1 fully saturated rings. The highest BCUT2D eigenvalue weighted by atomic mass is 16.4. The summed E-state index contributed by atoms with van der Waals surface area (Å²) >= 11 is 0. The summed E-state index contributed by atoms with van der Waals surface area (Å²) in [5, 5.41) is 23.0. The van der Waals surface area contributed by atoms with Gasteiger partial charge in [-0.15, -0.1) is 0 Å². The Labute approximate surface area is 94.0 Å². The Morgan fingerprint density at radius 2 is 2.25 bits per heavy atom. The number of hydrogen-bond acceptors (Lipinski definition) is 4. The molecule has 1 unspecified atom stereocenters. The lowest BCUT2D eigenvalue weighted by molar-refractivity contribution is -0.143. The van der Waals surface area contributed by atoms with Gasteiger partial charge in [0, 0.05) is 13.0 Å². The van der Waals surface area contributed by atoms with Crippen LogP contribution in [0.4, 0.5) is 0 Å². The molecular weight excluding hydrogens is 212 g/mol. The highest BCUT2D eigenvalue weighted by Crippen LogP contribution is 2.18. The highest BCUT2D eigenvalue weighted by molar-refractivity contribution is 5.90. The van der Waals surface area contributed by atoms with Crippen LogP contribution >= 0.6 is 0 Å². The average molecular weight is 230 g/mol. The van der Waals surface area contributed by atoms with Crippen LogP contribution in [0.15, 0.2) is 0 Å². The van der Waals surface area contributed by atoms with Crippen molar-refractivity contribution in [1.82, 2.24) is 10.6 Å². The largest absolute Gasteiger partial charge is 0.480 e. The van der Waals surface area contributed by atoms with Crippen LogP contribution in [-0.4, -0.2) is 46.8 Å². The van der Waals surface area contributed by atoms with Crippen molar-refractivity contribution in [3.63, 3.8) is 0 Å². The Morgan fingerprint density at radius 1 is 1.56 bits per heavy atom. The van der Waals surface area contributed by atoms with Crippen LogP contribution in [0.2, 0.25) is 0 Å². The average Bonchev–Trinajstić information content (AvgIpc) is 2.65. The maximum absolute atomic E-state index is 11.8. The molecule has 1 aliphatic rings. The minimum absolute atomic E-state index is 0.0250. The Balaban J connectivity index is 2.57. The summed E-state index contributed by atoms with van der Waals surface area (Å²) in [7, 11) is 0. The minimum atomic E-state index is -1.12. The number of nitrogens with one attached hydrogen (secondary N) is 2. The number of aliphatic hydroxyl groups is 1. The van der Waals surface area contributed by atoms with Gasteiger partial charge in [0.2, 0.25) is 5.91 Å². The van der Waals surface area contributed by atoms with Gasteiger partial charge in [-0.2, -0.15) is 0 Å². The van der Waals surface area contributed by atoms with Crippen molar-refractivity contribution < 1.29 is 19.8 Å². The summed E-state index contributed by atoms with van der Waals surface area (Å²) in [5.41, 5.74) is -0.677. The van der Waals surface area contributed by atoms with Gasteiger partial charge < -0.3 is 20.8 Å². The van der Waals surface area contributed by atoms with E-state index < -0.39 is 17.6 Å². The van der Waals surface area contributed by atoms with Gasteiger partial charge in [-0.05, 0) is 26.3 Å². The molecule has 6 nitrogen and oxygen atoms in total. The molecule has 0 aromatic carbocycles. The highest BCUT2D eigenvalue weighted by Gasteiger charge is 2.37. The number of aliphatic carboxylic acids is 1. The van der Waals surface area contributed by atoms with E-state index in [0.29, 0.717) is 6.42 Å². The fourth-order valence-corrected chi connectivity index (χ4v) is 1.79. The van der Waals surface area contributed by atoms with Crippen molar-refractivity contribution in [2.24, 2.45) is 0 Å². The first-order valence-corrected chi connectivity index (χ1v) is 5.39. The molecule has 92 valence electrons. The molecule has 0 aromatic rings. The predicted molar refractivity (Wildman–Crippen MR) is 56.9 cm³/mol. The van der Waals surface area contributed by atoms with E-state index in [9.17, 15) is 9.59 Å². The quantitative estimate of drug-likeness (QED) is 0.489. The van der Waals surface area contributed by atoms with E-state index in [-0.39, 0.29) is 18.9 Å². The van der Waals surface area contributed by atoms with Crippen LogP contribution in [0.25, 0.3) is 0 Å². The molecule has 1 amide bonds. The molecule has 0 aliphatic carbocycles. The van der Waals surface area contributed by atoms with Crippen molar-refractivity contribution in [2.45, 2.75) is 37.8 Å². The van der Waals surface area contributed by atoms with Crippen LogP contribution in [0.3, 0.4) is 0 Å². The standard InChI is InChI=1S/C10H18N2O4/c1-10(4-2-5-11-10)9(16)12-7(3-6-13)8(14)15/h7,11,13H,2-6H2,1H3,(H,12,16)(H,14,15)/t7-,10?/m1/s1. The first-order chi connectivity index (χ1) is 7.49. The lowest BCUT2D eigenvalue weighted by atomic mass is 9.98. The van der Waals surface area contributed by atoms with Gasteiger partial charge in [0.1, 0.15) is 6.04 Å². The van der Waals surface area contributed by atoms with E-state index in [1.807, 2.05) is 0 Å². The third kappa shape index (κ3) is 2.93. The molecular formula is C10H18N2O4. The van der Waals surface area contributed by atoms with Crippen LogP contribution < -0.4 is 10.6 Å². The second-order valence-corrected chi connectivity index (χ2v) is 4.24. The van der Waals surface area contributed by atoms with Gasteiger partial charge in [-0.3, -0.25) is 4.79 Å². The molecule has 2 atom stereocenters. The van der Waals surface area contributed by atoms with Crippen LogP contribution in [0.1, 0.15) is 26.2 Å². The van der Waals surface area contributed by atoms with Gasteiger partial charge in [-0.1, -0.05) is 0 Å². The first kappa shape index (κ1) is 12.9. The summed E-state index contributed by atoms with van der Waals surface area (Å²) in [6.45, 7) is 2.26. The zero-order valence-electron chi connectivity index (χ0n) is 9.32. The van der Waals surface area contributed by atoms with Crippen LogP contribution in [0, 0.1) is 0 Å². The fraction of sp³-hybridized carbons (Fsp3) is 0.800. The van der Waals surface area contributed by atoms with E-state index >= 15 is 0 Å². The molecule has 6 heteroatoms. The Bertz CT molecular complexity index is 274. The van der Waals surface area contributed by atoms with E-state index in [2.05, 4.69) is 10.6 Å². The third-order valence-corrected chi connectivity index (χ3v) is 2.89. The summed E-state index contributed by atoms with van der Waals surface area (Å²) in [4.78, 5) is 22.6. The number of carbonyl (C=O) groups excluding carboxylic acids is 1. The van der Waals surface area contributed by atoms with Gasteiger partial charge in [-0.25, -0.2) is 4.79 Å². The van der Waals surface area contributed by atoms with Gasteiger partial charge in [0.05, 0.1) is 5.54 Å². The molecule has 16 heavy (non-hydrogen) atoms. The van der Waals surface area contributed by atoms with E-state index in [1.165, 1.54) is 0 Å². The molecule has 0 bridgehead atoms. The van der Waals surface area contributed by atoms with Gasteiger partial charge in [0.15, 0.2) is 0 Å². The second kappa shape index (κ2) is 5.27. The van der Waals surface area contributed by atoms with Crippen molar-refractivity contribution in [3.8, 4) is 0 Å². The molecule has 0 saturated carbocycles. The third-order valence-electron chi connectivity index (χ3n) is 2.89. The summed E-state index contributed by atoms with van der Waals surface area (Å²) in [5.74, 6) is -1.44. The lowest BCUT2D eigenvalue weighted by Gasteiger charge is -2.25. The number of rotatable bonds is 5.